The topological polar surface area (TPSA) is 83.8 Å². The Kier molecular flexibility index (Phi) is 8.17. The summed E-state index contributed by atoms with van der Waals surface area (Å²) in [5, 5.41) is 17.6. The van der Waals surface area contributed by atoms with Gasteiger partial charge in [0.1, 0.15) is 17.2 Å². The fraction of sp³-hybridized carbons (Fsp3) is 0.211. The lowest BCUT2D eigenvalue weighted by Crippen LogP contribution is -2.23. The summed E-state index contributed by atoms with van der Waals surface area (Å²) in [5.74, 6) is 2.39. The van der Waals surface area contributed by atoms with Crippen LogP contribution in [0.4, 0.5) is 0 Å². The van der Waals surface area contributed by atoms with Crippen LogP contribution in [-0.4, -0.2) is 41.6 Å². The molecule has 0 aliphatic carbocycles. The van der Waals surface area contributed by atoms with E-state index < -0.39 is 6.10 Å². The van der Waals surface area contributed by atoms with Crippen LogP contribution < -0.4 is 14.2 Å². The van der Waals surface area contributed by atoms with Crippen LogP contribution in [0.2, 0.25) is 0 Å². The molecule has 0 fully saturated rings. The molecule has 1 unspecified atom stereocenters. The van der Waals surface area contributed by atoms with Gasteiger partial charge in [0.25, 0.3) is 0 Å². The molecule has 3 aromatic rings. The third kappa shape index (κ3) is 5.89. The van der Waals surface area contributed by atoms with Crippen LogP contribution in [0, 0.1) is 0 Å². The second kappa shape index (κ2) is 10.6. The average Bonchev–Trinajstić information content (AvgIpc) is 2.69. The second-order valence-electron chi connectivity index (χ2n) is 5.31. The first-order valence-corrected chi connectivity index (χ1v) is 8.44. The van der Waals surface area contributed by atoms with Crippen molar-refractivity contribution in [3.8, 4) is 17.2 Å². The molecule has 2 aromatic carbocycles. The van der Waals surface area contributed by atoms with Gasteiger partial charge in [-0.3, -0.25) is 9.71 Å². The molecule has 138 valence electrons. The van der Waals surface area contributed by atoms with Crippen molar-refractivity contribution in [1.82, 2.24) is 9.71 Å². The van der Waals surface area contributed by atoms with Crippen molar-refractivity contribution in [1.29, 1.82) is 0 Å². The molecule has 0 bridgehead atoms. The minimum Gasteiger partial charge on any atom is -0.497 e. The summed E-state index contributed by atoms with van der Waals surface area (Å²) in [4.78, 5) is 4.33. The van der Waals surface area contributed by atoms with Gasteiger partial charge in [-0.05, 0) is 30.3 Å². The Bertz CT molecular complexity index is 802. The number of nitrogens with zero attached hydrogens (tertiary/aromatic N) is 1. The summed E-state index contributed by atoms with van der Waals surface area (Å²) in [7, 11) is 1.64. The molecule has 1 heterocycles. The number of hydrogen-bond acceptors (Lipinski definition) is 7. The molecule has 3 rings (SSSR count). The van der Waals surface area contributed by atoms with E-state index in [1.54, 1.807) is 13.3 Å². The minimum absolute atomic E-state index is 0.215. The number of aromatic nitrogens is 1. The van der Waals surface area contributed by atoms with Crippen LogP contribution in [0.1, 0.15) is 0 Å². The Morgan fingerprint density at radius 2 is 1.88 bits per heavy atom. The van der Waals surface area contributed by atoms with E-state index in [9.17, 15) is 0 Å². The van der Waals surface area contributed by atoms with Crippen LogP contribution in [0.3, 0.4) is 0 Å². The largest absolute Gasteiger partial charge is 0.497 e. The number of fused-ring (bicyclic) bond motifs is 1. The first kappa shape index (κ1) is 20.0. The van der Waals surface area contributed by atoms with E-state index in [1.165, 1.54) is 0 Å². The Morgan fingerprint density at radius 3 is 2.50 bits per heavy atom. The summed E-state index contributed by atoms with van der Waals surface area (Å²) in [6, 6.07) is 17.3. The van der Waals surface area contributed by atoms with E-state index in [0.29, 0.717) is 6.54 Å². The van der Waals surface area contributed by atoms with Gasteiger partial charge in [0.2, 0.25) is 0 Å². The summed E-state index contributed by atoms with van der Waals surface area (Å²) in [5.41, 5.74) is 0.854. The normalized spacial score (nSPS) is 11.4. The van der Waals surface area contributed by atoms with E-state index in [1.807, 2.05) is 54.6 Å². The smallest absolute Gasteiger partial charge is 0.138 e. The maximum atomic E-state index is 8.50. The number of methoxy groups -OCH3 is 1. The van der Waals surface area contributed by atoms with Crippen LogP contribution in [-0.2, 0) is 0 Å². The Morgan fingerprint density at radius 1 is 1.12 bits per heavy atom. The molecule has 1 atom stereocenters. The van der Waals surface area contributed by atoms with E-state index in [-0.39, 0.29) is 6.61 Å². The number of hydrogen-bond donors (Lipinski definition) is 4. The highest BCUT2D eigenvalue weighted by atomic mass is 32.1. The zero-order valence-corrected chi connectivity index (χ0v) is 15.3. The number of aliphatic hydroxyl groups is 2. The quantitative estimate of drug-likeness (QED) is 0.497. The molecule has 7 heteroatoms. The monoisotopic (exact) mass is 374 g/mol. The highest BCUT2D eigenvalue weighted by molar-refractivity contribution is 7.78. The van der Waals surface area contributed by atoms with Crippen molar-refractivity contribution in [3.05, 3.63) is 60.8 Å². The Balaban J connectivity index is 0.000000298. The van der Waals surface area contributed by atoms with Gasteiger partial charge in [-0.2, -0.15) is 0 Å². The lowest BCUT2D eigenvalue weighted by atomic mass is 10.2. The summed E-state index contributed by atoms with van der Waals surface area (Å²) in [6.07, 6.45) is 1.05. The molecule has 0 aliphatic rings. The lowest BCUT2D eigenvalue weighted by molar-refractivity contribution is 0.0995. The van der Waals surface area contributed by atoms with Gasteiger partial charge in [0, 0.05) is 24.2 Å². The standard InChI is InChI=1S/C16H13NO2.C3H9NO2S/c1-18-13-7-8-14-15(11-13)17-10-9-16(14)19-12-5-3-2-4-6-12;5-2-3(6)1-4-7/h2-11H,1H3;3-7H,1-2H2. The zero-order valence-electron chi connectivity index (χ0n) is 14.4. The van der Waals surface area contributed by atoms with Gasteiger partial charge in [-0.1, -0.05) is 31.0 Å². The van der Waals surface area contributed by atoms with Gasteiger partial charge >= 0.3 is 0 Å². The minimum atomic E-state index is -0.683. The lowest BCUT2D eigenvalue weighted by Gasteiger charge is -2.09. The first-order chi connectivity index (χ1) is 12.7. The number of nitrogens with one attached hydrogen (secondary N) is 1. The molecule has 0 spiro atoms. The van der Waals surface area contributed by atoms with Crippen molar-refractivity contribution in [2.45, 2.75) is 6.10 Å². The molecule has 0 aliphatic heterocycles. The molecule has 3 N–H and O–H groups in total. The van der Waals surface area contributed by atoms with Gasteiger partial charge in [0.05, 0.1) is 25.3 Å². The first-order valence-electron chi connectivity index (χ1n) is 7.99. The molecule has 26 heavy (non-hydrogen) atoms. The average molecular weight is 374 g/mol. The molecular formula is C19H22N2O4S. The highest BCUT2D eigenvalue weighted by Crippen LogP contribution is 2.30. The number of thiol groups is 1. The molecule has 0 amide bonds. The molecule has 0 saturated carbocycles. The van der Waals surface area contributed by atoms with Crippen molar-refractivity contribution >= 4 is 23.7 Å². The van der Waals surface area contributed by atoms with E-state index in [4.69, 9.17) is 19.7 Å². The Labute approximate surface area is 158 Å². The second-order valence-corrected chi connectivity index (χ2v) is 5.62. The Hall–Kier alpha value is -2.32. The van der Waals surface area contributed by atoms with E-state index in [2.05, 4.69) is 22.5 Å². The number of ether oxygens (including phenoxy) is 2. The molecule has 1 aromatic heterocycles. The zero-order chi connectivity index (χ0) is 18.8. The molecular weight excluding hydrogens is 352 g/mol. The van der Waals surface area contributed by atoms with Crippen molar-refractivity contribution in [2.75, 3.05) is 20.3 Å². The number of para-hydroxylation sites is 1. The SMILES string of the molecule is COc1ccc2c(Oc3ccccc3)ccnc2c1.OCC(O)CNS. The predicted octanol–water partition coefficient (Wildman–Crippen LogP) is 2.81. The van der Waals surface area contributed by atoms with Crippen molar-refractivity contribution in [2.24, 2.45) is 0 Å². The van der Waals surface area contributed by atoms with E-state index in [0.717, 1.165) is 28.2 Å². The third-order valence-corrected chi connectivity index (χ3v) is 3.60. The number of aliphatic hydroxyl groups excluding tert-OH is 2. The maximum absolute atomic E-state index is 8.50. The van der Waals surface area contributed by atoms with Crippen molar-refractivity contribution in [3.63, 3.8) is 0 Å². The van der Waals surface area contributed by atoms with Gasteiger partial charge in [0.15, 0.2) is 0 Å². The molecule has 6 nitrogen and oxygen atoms in total. The van der Waals surface area contributed by atoms with Crippen LogP contribution in [0.15, 0.2) is 60.8 Å². The van der Waals surface area contributed by atoms with Crippen LogP contribution >= 0.6 is 12.8 Å². The van der Waals surface area contributed by atoms with Crippen LogP contribution in [0.25, 0.3) is 10.9 Å². The number of benzene rings is 2. The summed E-state index contributed by atoms with van der Waals surface area (Å²) >= 11 is 3.59. The predicted molar refractivity (Wildman–Crippen MR) is 105 cm³/mol. The fourth-order valence-electron chi connectivity index (χ4n) is 2.10. The maximum Gasteiger partial charge on any atom is 0.138 e. The van der Waals surface area contributed by atoms with Crippen molar-refractivity contribution < 1.29 is 19.7 Å². The van der Waals surface area contributed by atoms with E-state index >= 15 is 0 Å². The van der Waals surface area contributed by atoms with Gasteiger partial charge in [-0.25, -0.2) is 0 Å². The van der Waals surface area contributed by atoms with Gasteiger partial charge < -0.3 is 19.7 Å². The fourth-order valence-corrected chi connectivity index (χ4v) is 2.31. The number of pyridine rings is 1. The van der Waals surface area contributed by atoms with Gasteiger partial charge in [-0.15, -0.1) is 0 Å². The summed E-state index contributed by atoms with van der Waals surface area (Å²) in [6.45, 7) is 0.104. The third-order valence-electron chi connectivity index (χ3n) is 3.42. The summed E-state index contributed by atoms with van der Waals surface area (Å²) < 4.78 is 13.5. The van der Waals surface area contributed by atoms with Crippen LogP contribution in [0.5, 0.6) is 17.2 Å². The number of rotatable bonds is 6. The molecule has 0 radical (unpaired) electrons. The highest BCUT2D eigenvalue weighted by Gasteiger charge is 2.05. The molecule has 0 saturated heterocycles.